The van der Waals surface area contributed by atoms with Crippen LogP contribution in [0.25, 0.3) is 0 Å². The van der Waals surface area contributed by atoms with E-state index in [1.54, 1.807) is 36.1 Å². The Morgan fingerprint density at radius 2 is 1.71 bits per heavy atom. The first-order valence-electron chi connectivity index (χ1n) is 11.9. The minimum atomic E-state index is -3.56. The number of amides is 2. The highest BCUT2D eigenvalue weighted by Crippen LogP contribution is 2.22. The summed E-state index contributed by atoms with van der Waals surface area (Å²) in [5.74, 6) is -0.385. The Morgan fingerprint density at radius 3 is 2.31 bits per heavy atom. The molecule has 192 valence electrons. The number of halogens is 1. The molecular formula is C26H36ClN3O4S. The van der Waals surface area contributed by atoms with E-state index in [2.05, 4.69) is 5.32 Å². The van der Waals surface area contributed by atoms with Gasteiger partial charge in [-0.15, -0.1) is 0 Å². The molecule has 1 N–H and O–H groups in total. The van der Waals surface area contributed by atoms with Crippen LogP contribution in [0.2, 0.25) is 5.02 Å². The normalized spacial score (nSPS) is 13.1. The molecule has 0 radical (unpaired) electrons. The lowest BCUT2D eigenvalue weighted by molar-refractivity contribution is -0.140. The number of sulfonamides is 1. The molecule has 9 heteroatoms. The summed E-state index contributed by atoms with van der Waals surface area (Å²) >= 11 is 6.04. The topological polar surface area (TPSA) is 86.8 Å². The highest BCUT2D eigenvalue weighted by Gasteiger charge is 2.27. The molecule has 0 aliphatic carbocycles. The van der Waals surface area contributed by atoms with Crippen LogP contribution < -0.4 is 9.62 Å². The minimum Gasteiger partial charge on any atom is -0.352 e. The van der Waals surface area contributed by atoms with Crippen LogP contribution in [0.1, 0.15) is 45.6 Å². The lowest BCUT2D eigenvalue weighted by Gasteiger charge is -2.30. The maximum absolute atomic E-state index is 13.2. The molecule has 0 aliphatic rings. The van der Waals surface area contributed by atoms with Crippen molar-refractivity contribution in [2.24, 2.45) is 0 Å². The fraction of sp³-hybridized carbons (Fsp3) is 0.462. The van der Waals surface area contributed by atoms with Gasteiger partial charge in [0.1, 0.15) is 6.04 Å². The lowest BCUT2D eigenvalue weighted by atomic mass is 10.1. The highest BCUT2D eigenvalue weighted by atomic mass is 35.5. The van der Waals surface area contributed by atoms with Crippen LogP contribution in [0.3, 0.4) is 0 Å². The molecule has 0 fully saturated rings. The largest absolute Gasteiger partial charge is 0.352 e. The van der Waals surface area contributed by atoms with Crippen LogP contribution in [-0.2, 0) is 26.0 Å². The third kappa shape index (κ3) is 9.18. The van der Waals surface area contributed by atoms with Crippen LogP contribution in [0.4, 0.5) is 5.69 Å². The summed E-state index contributed by atoms with van der Waals surface area (Å²) in [6.45, 7) is 6.17. The molecule has 0 saturated heterocycles. The van der Waals surface area contributed by atoms with Crippen molar-refractivity contribution in [3.63, 3.8) is 0 Å². The summed E-state index contributed by atoms with van der Waals surface area (Å²) in [6.07, 6.45) is 2.96. The first-order valence-corrected chi connectivity index (χ1v) is 14.1. The van der Waals surface area contributed by atoms with E-state index < -0.39 is 16.1 Å². The number of carbonyl (C=O) groups excluding carboxylic acids is 2. The van der Waals surface area contributed by atoms with E-state index in [9.17, 15) is 18.0 Å². The molecule has 0 unspecified atom stereocenters. The second kappa shape index (κ2) is 13.5. The molecule has 0 bridgehead atoms. The van der Waals surface area contributed by atoms with Crippen molar-refractivity contribution < 1.29 is 18.0 Å². The van der Waals surface area contributed by atoms with Gasteiger partial charge < -0.3 is 10.2 Å². The second-order valence-electron chi connectivity index (χ2n) is 8.74. The van der Waals surface area contributed by atoms with Crippen LogP contribution in [-0.4, -0.2) is 56.6 Å². The Bertz CT molecular complexity index is 1080. The predicted octanol–water partition coefficient (Wildman–Crippen LogP) is 4.26. The summed E-state index contributed by atoms with van der Waals surface area (Å²) in [4.78, 5) is 27.6. The van der Waals surface area contributed by atoms with Crippen LogP contribution in [0.5, 0.6) is 0 Å². The predicted molar refractivity (Wildman–Crippen MR) is 142 cm³/mol. The van der Waals surface area contributed by atoms with E-state index in [-0.39, 0.29) is 30.8 Å². The fourth-order valence-electron chi connectivity index (χ4n) is 3.67. The Balaban J connectivity index is 2.11. The zero-order valence-electron chi connectivity index (χ0n) is 20.9. The van der Waals surface area contributed by atoms with Crippen LogP contribution in [0, 0.1) is 0 Å². The Labute approximate surface area is 214 Å². The molecule has 0 saturated carbocycles. The number of benzene rings is 2. The summed E-state index contributed by atoms with van der Waals surface area (Å²) < 4.78 is 26.0. The van der Waals surface area contributed by atoms with Crippen molar-refractivity contribution in [1.29, 1.82) is 0 Å². The number of carbonyl (C=O) groups is 2. The van der Waals surface area contributed by atoms with Crippen molar-refractivity contribution in [3.8, 4) is 0 Å². The van der Waals surface area contributed by atoms with Crippen LogP contribution >= 0.6 is 11.6 Å². The molecule has 2 aromatic rings. The zero-order chi connectivity index (χ0) is 26.0. The molecule has 0 aliphatic heterocycles. The van der Waals surface area contributed by atoms with Crippen molar-refractivity contribution in [3.05, 3.63) is 65.2 Å². The maximum atomic E-state index is 13.2. The van der Waals surface area contributed by atoms with Gasteiger partial charge in [0.2, 0.25) is 21.8 Å². The van der Waals surface area contributed by atoms with Gasteiger partial charge >= 0.3 is 0 Å². The number of anilines is 1. The maximum Gasteiger partial charge on any atom is 0.242 e. The van der Waals surface area contributed by atoms with Gasteiger partial charge in [-0.25, -0.2) is 8.42 Å². The smallest absolute Gasteiger partial charge is 0.242 e. The van der Waals surface area contributed by atoms with Gasteiger partial charge in [0.25, 0.3) is 0 Å². The fourth-order valence-corrected chi connectivity index (χ4v) is 4.81. The Kier molecular flexibility index (Phi) is 11.0. The number of rotatable bonds is 13. The van der Waals surface area contributed by atoms with Crippen molar-refractivity contribution in [1.82, 2.24) is 10.2 Å². The second-order valence-corrected chi connectivity index (χ2v) is 11.1. The first-order chi connectivity index (χ1) is 16.5. The van der Waals surface area contributed by atoms with Gasteiger partial charge in [0.05, 0.1) is 11.9 Å². The first kappa shape index (κ1) is 28.7. The van der Waals surface area contributed by atoms with Crippen LogP contribution in [0.15, 0.2) is 54.6 Å². The molecule has 0 spiro atoms. The van der Waals surface area contributed by atoms with E-state index >= 15 is 0 Å². The minimum absolute atomic E-state index is 0.0111. The molecule has 2 amide bonds. The van der Waals surface area contributed by atoms with E-state index in [0.29, 0.717) is 30.1 Å². The van der Waals surface area contributed by atoms with Gasteiger partial charge in [-0.05, 0) is 56.9 Å². The molecule has 2 aromatic carbocycles. The molecule has 2 rings (SSSR count). The van der Waals surface area contributed by atoms with Gasteiger partial charge in [0, 0.05) is 30.6 Å². The zero-order valence-corrected chi connectivity index (χ0v) is 22.5. The molecular weight excluding hydrogens is 486 g/mol. The van der Waals surface area contributed by atoms with Crippen molar-refractivity contribution in [2.75, 3.05) is 23.7 Å². The Hall–Kier alpha value is -2.58. The lowest BCUT2D eigenvalue weighted by Crippen LogP contribution is -2.50. The van der Waals surface area contributed by atoms with E-state index in [1.165, 1.54) is 4.31 Å². The summed E-state index contributed by atoms with van der Waals surface area (Å²) in [6, 6.07) is 15.8. The highest BCUT2D eigenvalue weighted by molar-refractivity contribution is 7.92. The number of nitrogens with zero attached hydrogens (tertiary/aromatic N) is 2. The van der Waals surface area contributed by atoms with Gasteiger partial charge in [0.15, 0.2) is 0 Å². The SMILES string of the molecule is CC[C@H](C)NC(=O)[C@H](C)N(CCc1ccccc1)C(=O)CCCN(c1cccc(Cl)c1)S(C)(=O)=O. The molecule has 0 heterocycles. The van der Waals surface area contributed by atoms with Crippen molar-refractivity contribution >= 4 is 39.1 Å². The number of nitrogens with one attached hydrogen (secondary N) is 1. The van der Waals surface area contributed by atoms with Gasteiger partial charge in [-0.2, -0.15) is 0 Å². The molecule has 7 nitrogen and oxygen atoms in total. The number of hydrogen-bond donors (Lipinski definition) is 1. The van der Waals surface area contributed by atoms with E-state index in [1.807, 2.05) is 44.2 Å². The monoisotopic (exact) mass is 521 g/mol. The number of hydrogen-bond acceptors (Lipinski definition) is 4. The molecule has 35 heavy (non-hydrogen) atoms. The Morgan fingerprint density at radius 1 is 1.03 bits per heavy atom. The average molecular weight is 522 g/mol. The quantitative estimate of drug-likeness (QED) is 0.426. The summed E-state index contributed by atoms with van der Waals surface area (Å²) in [5.41, 5.74) is 1.53. The standard InChI is InChI=1S/C26H36ClN3O4S/c1-5-20(2)28-26(32)21(3)29(18-16-22-11-7-6-8-12-22)25(31)15-10-17-30(35(4,33)34)24-14-9-13-23(27)19-24/h6-9,11-14,19-21H,5,10,15-18H2,1-4H3,(H,28,32)/t20-,21-/m0/s1. The van der Waals surface area contributed by atoms with Gasteiger partial charge in [-0.3, -0.25) is 13.9 Å². The van der Waals surface area contributed by atoms with Gasteiger partial charge in [-0.1, -0.05) is 54.9 Å². The summed E-state index contributed by atoms with van der Waals surface area (Å²) in [5, 5.41) is 3.38. The van der Waals surface area contributed by atoms with Crippen molar-refractivity contribution in [2.45, 2.75) is 58.5 Å². The molecule has 0 aromatic heterocycles. The average Bonchev–Trinajstić information content (AvgIpc) is 2.81. The van der Waals surface area contributed by atoms with E-state index in [4.69, 9.17) is 11.6 Å². The molecule has 2 atom stereocenters. The summed E-state index contributed by atoms with van der Waals surface area (Å²) in [7, 11) is -3.56. The van der Waals surface area contributed by atoms with E-state index in [0.717, 1.165) is 18.2 Å². The third-order valence-electron chi connectivity index (χ3n) is 5.90. The third-order valence-corrected chi connectivity index (χ3v) is 7.33.